The van der Waals surface area contributed by atoms with Crippen molar-refractivity contribution >= 4 is 44.8 Å². The molecule has 150 valence electrons. The van der Waals surface area contributed by atoms with Crippen molar-refractivity contribution in [1.29, 1.82) is 0 Å². The smallest absolute Gasteiger partial charge is 0.240 e. The lowest BCUT2D eigenvalue weighted by Crippen LogP contribution is -2.44. The number of oxime groups is 1. The molecule has 2 rings (SSSR count). The topological polar surface area (TPSA) is 102 Å². The summed E-state index contributed by atoms with van der Waals surface area (Å²) in [6.45, 7) is -0.295. The molecule has 1 amide bonds. The van der Waals surface area contributed by atoms with Gasteiger partial charge in [-0.1, -0.05) is 58.7 Å². The van der Waals surface area contributed by atoms with Gasteiger partial charge < -0.3 is 10.6 Å². The molecule has 0 spiro atoms. The van der Waals surface area contributed by atoms with Crippen LogP contribution in [-0.2, 0) is 19.7 Å². The van der Waals surface area contributed by atoms with Gasteiger partial charge in [0, 0.05) is 10.6 Å². The quantitative estimate of drug-likeness (QED) is 0.500. The average molecular weight is 444 g/mol. The van der Waals surface area contributed by atoms with Gasteiger partial charge in [0.1, 0.15) is 18.9 Å². The van der Waals surface area contributed by atoms with Gasteiger partial charge in [-0.25, -0.2) is 8.42 Å². The third-order valence-corrected chi connectivity index (χ3v) is 5.59. The molecule has 1 atom stereocenters. The lowest BCUT2D eigenvalue weighted by atomic mass is 10.1. The van der Waals surface area contributed by atoms with E-state index >= 15 is 0 Å². The minimum absolute atomic E-state index is 0.191. The second kappa shape index (κ2) is 9.38. The highest BCUT2D eigenvalue weighted by atomic mass is 35.5. The van der Waals surface area contributed by atoms with Crippen molar-refractivity contribution in [2.24, 2.45) is 10.9 Å². The number of benzene rings is 2. The van der Waals surface area contributed by atoms with E-state index in [0.29, 0.717) is 16.1 Å². The van der Waals surface area contributed by atoms with Gasteiger partial charge in [-0.15, -0.1) is 0 Å². The van der Waals surface area contributed by atoms with Crippen LogP contribution in [0.4, 0.5) is 0 Å². The van der Waals surface area contributed by atoms with Crippen molar-refractivity contribution in [2.75, 3.05) is 19.9 Å². The van der Waals surface area contributed by atoms with Crippen molar-refractivity contribution < 1.29 is 18.0 Å². The summed E-state index contributed by atoms with van der Waals surface area (Å²) in [4.78, 5) is 17.0. The molecule has 0 saturated heterocycles. The molecular formula is C18H19Cl2N3O4S. The summed E-state index contributed by atoms with van der Waals surface area (Å²) in [6.07, 6.45) is 0.986. The van der Waals surface area contributed by atoms with E-state index in [1.807, 2.05) is 0 Å². The van der Waals surface area contributed by atoms with E-state index in [1.165, 1.54) is 13.2 Å². The number of nitrogens with zero attached hydrogens (tertiary/aromatic N) is 2. The minimum Gasteiger partial charge on any atom is -0.399 e. The molecule has 2 aromatic rings. The van der Waals surface area contributed by atoms with Crippen LogP contribution in [0.25, 0.3) is 0 Å². The third-order valence-electron chi connectivity index (χ3n) is 3.85. The van der Waals surface area contributed by atoms with Crippen LogP contribution in [0.5, 0.6) is 0 Å². The fourth-order valence-electron chi connectivity index (χ4n) is 2.65. The molecule has 0 aliphatic carbocycles. The Hall–Kier alpha value is -2.13. The SMILES string of the molecule is CO/N=C(/CN(C(C(N)=O)c1ccccc1)S(C)(=O)=O)c1ccc(Cl)cc1Cl. The third kappa shape index (κ3) is 5.45. The number of amides is 1. The predicted molar refractivity (Wildman–Crippen MR) is 110 cm³/mol. The molecule has 2 N–H and O–H groups in total. The Morgan fingerprint density at radius 3 is 2.36 bits per heavy atom. The molecule has 0 heterocycles. The molecule has 7 nitrogen and oxygen atoms in total. The molecule has 0 fully saturated rings. The maximum atomic E-state index is 12.5. The molecule has 0 radical (unpaired) electrons. The normalized spacial score (nSPS) is 13.4. The first-order valence-corrected chi connectivity index (χ1v) is 10.6. The van der Waals surface area contributed by atoms with Crippen molar-refractivity contribution in [3.05, 3.63) is 69.7 Å². The van der Waals surface area contributed by atoms with Crippen LogP contribution >= 0.6 is 23.2 Å². The molecule has 10 heteroatoms. The molecule has 2 aromatic carbocycles. The van der Waals surface area contributed by atoms with E-state index in [1.54, 1.807) is 42.5 Å². The van der Waals surface area contributed by atoms with Crippen molar-refractivity contribution in [3.8, 4) is 0 Å². The van der Waals surface area contributed by atoms with Gasteiger partial charge in [-0.05, 0) is 23.8 Å². The van der Waals surface area contributed by atoms with Gasteiger partial charge in [-0.2, -0.15) is 4.31 Å². The summed E-state index contributed by atoms with van der Waals surface area (Å²) in [6, 6.07) is 11.8. The Bertz CT molecular complexity index is 982. The number of carbonyl (C=O) groups is 1. The Kier molecular flexibility index (Phi) is 7.42. The zero-order valence-electron chi connectivity index (χ0n) is 15.2. The number of sulfonamides is 1. The second-order valence-electron chi connectivity index (χ2n) is 5.87. The maximum absolute atomic E-state index is 12.5. The summed E-state index contributed by atoms with van der Waals surface area (Å²) in [5.74, 6) is -0.824. The van der Waals surface area contributed by atoms with Crippen LogP contribution in [0.15, 0.2) is 53.7 Å². The molecule has 0 aliphatic rings. The number of hydrogen-bond donors (Lipinski definition) is 1. The first kappa shape index (κ1) is 22.2. The number of rotatable bonds is 8. The number of primary amides is 1. The zero-order chi connectivity index (χ0) is 20.9. The predicted octanol–water partition coefficient (Wildman–Crippen LogP) is 2.83. The van der Waals surface area contributed by atoms with Gasteiger partial charge in [0.05, 0.1) is 17.8 Å². The maximum Gasteiger partial charge on any atom is 0.240 e. The van der Waals surface area contributed by atoms with Crippen LogP contribution in [0.2, 0.25) is 10.0 Å². The molecule has 0 aromatic heterocycles. The van der Waals surface area contributed by atoms with E-state index < -0.39 is 22.0 Å². The van der Waals surface area contributed by atoms with Crippen molar-refractivity contribution in [1.82, 2.24) is 4.31 Å². The largest absolute Gasteiger partial charge is 0.399 e. The zero-order valence-corrected chi connectivity index (χ0v) is 17.5. The van der Waals surface area contributed by atoms with Crippen LogP contribution in [0.3, 0.4) is 0 Å². The van der Waals surface area contributed by atoms with Crippen LogP contribution in [0.1, 0.15) is 17.2 Å². The molecule has 0 saturated carbocycles. The highest BCUT2D eigenvalue weighted by Crippen LogP contribution is 2.26. The Morgan fingerprint density at radius 1 is 1.21 bits per heavy atom. The van der Waals surface area contributed by atoms with Gasteiger partial charge in [0.2, 0.25) is 15.9 Å². The first-order chi connectivity index (χ1) is 13.1. The van der Waals surface area contributed by atoms with Gasteiger partial charge >= 0.3 is 0 Å². The van der Waals surface area contributed by atoms with E-state index in [9.17, 15) is 13.2 Å². The number of halogens is 2. The van der Waals surface area contributed by atoms with E-state index in [4.69, 9.17) is 33.8 Å². The fraction of sp³-hybridized carbons (Fsp3) is 0.222. The van der Waals surface area contributed by atoms with Gasteiger partial charge in [0.25, 0.3) is 0 Å². The molecule has 28 heavy (non-hydrogen) atoms. The first-order valence-electron chi connectivity index (χ1n) is 8.01. The second-order valence-corrected chi connectivity index (χ2v) is 8.65. The minimum atomic E-state index is -3.87. The molecule has 1 unspecified atom stereocenters. The number of hydrogen-bond acceptors (Lipinski definition) is 5. The highest BCUT2D eigenvalue weighted by Gasteiger charge is 2.34. The van der Waals surface area contributed by atoms with Gasteiger partial charge in [0.15, 0.2) is 0 Å². The Morgan fingerprint density at radius 2 is 1.86 bits per heavy atom. The van der Waals surface area contributed by atoms with E-state index in [-0.39, 0.29) is 17.3 Å². The average Bonchev–Trinajstić information content (AvgIpc) is 2.60. The highest BCUT2D eigenvalue weighted by molar-refractivity contribution is 7.88. The number of nitrogens with two attached hydrogens (primary N) is 1. The van der Waals surface area contributed by atoms with Crippen molar-refractivity contribution in [2.45, 2.75) is 6.04 Å². The summed E-state index contributed by atoms with van der Waals surface area (Å²) < 4.78 is 26.0. The Balaban J connectivity index is 2.55. The standard InChI is InChI=1S/C18H19Cl2N3O4S/c1-27-22-16(14-9-8-13(19)10-15(14)20)11-23(28(2,25)26)17(18(21)24)12-6-4-3-5-7-12/h3-10,17H,11H2,1-2H3,(H2,21,24)/b22-16-. The summed E-state index contributed by atoms with van der Waals surface area (Å²) in [5, 5.41) is 4.57. The van der Waals surface area contributed by atoms with Crippen molar-refractivity contribution in [3.63, 3.8) is 0 Å². The molecule has 0 bridgehead atoms. The van der Waals surface area contributed by atoms with E-state index in [2.05, 4.69) is 5.16 Å². The summed E-state index contributed by atoms with van der Waals surface area (Å²) in [7, 11) is -2.56. The van der Waals surface area contributed by atoms with Gasteiger partial charge in [-0.3, -0.25) is 4.79 Å². The molecule has 0 aliphatic heterocycles. The Labute approximate surface area is 173 Å². The lowest BCUT2D eigenvalue weighted by molar-refractivity contribution is -0.121. The van der Waals surface area contributed by atoms with Crippen LogP contribution in [0, 0.1) is 0 Å². The summed E-state index contributed by atoms with van der Waals surface area (Å²) >= 11 is 12.2. The number of carbonyl (C=O) groups excluding carboxylic acids is 1. The van der Waals surface area contributed by atoms with E-state index in [0.717, 1.165) is 10.6 Å². The lowest BCUT2D eigenvalue weighted by Gasteiger charge is -2.28. The fourth-order valence-corrected chi connectivity index (χ4v) is 4.14. The van der Waals surface area contributed by atoms with Crippen LogP contribution in [-0.4, -0.2) is 44.3 Å². The van der Waals surface area contributed by atoms with Crippen LogP contribution < -0.4 is 5.73 Å². The molecular weight excluding hydrogens is 425 g/mol. The summed E-state index contributed by atoms with van der Waals surface area (Å²) in [5.41, 5.74) is 6.58. The monoisotopic (exact) mass is 443 g/mol.